The minimum atomic E-state index is -2.78. The van der Waals surface area contributed by atoms with E-state index in [4.69, 9.17) is 27.2 Å². The molecule has 2 heterocycles. The second-order valence-electron chi connectivity index (χ2n) is 19.5. The van der Waals surface area contributed by atoms with E-state index in [-0.39, 0.29) is 52.8 Å². The molecular formula is C42H72O13. The SMILES string of the molecule is [2H]C([2H])([2H])C(=CCC[C@@](C)(O)[C@H]1CC[C@]2(C)[C@@H]1[C@H](O)C[C@@H]1[C@@]3(C)CC[C@H](O[C@@H]4O[C@H](CO)[C@@H](O)[C@H](O)[C@H]4O[C@@H]4O[C@H](CO)[C@@H](O)[C@H](O)[C@H]4O)C(C)(C)[C@@H]3CC[C@]12C)C([2H])([2H])[2H]. The van der Waals surface area contributed by atoms with E-state index in [9.17, 15) is 46.0 Å². The highest BCUT2D eigenvalue weighted by atomic mass is 16.8. The summed E-state index contributed by atoms with van der Waals surface area (Å²) in [5.74, 6) is -0.360. The van der Waals surface area contributed by atoms with Gasteiger partial charge < -0.3 is 64.9 Å². The van der Waals surface area contributed by atoms with Crippen LogP contribution in [0.3, 0.4) is 0 Å². The molecule has 6 aliphatic rings. The summed E-state index contributed by atoms with van der Waals surface area (Å²) in [7, 11) is 0. The fourth-order valence-corrected chi connectivity index (χ4v) is 13.2. The molecule has 2 aliphatic heterocycles. The maximum absolute atomic E-state index is 12.2. The average molecular weight is 791 g/mol. The maximum atomic E-state index is 12.2. The average Bonchev–Trinajstić information content (AvgIpc) is 3.54. The Balaban J connectivity index is 1.21. The van der Waals surface area contributed by atoms with Crippen LogP contribution in [0.5, 0.6) is 0 Å². The van der Waals surface area contributed by atoms with Crippen LogP contribution in [0.25, 0.3) is 0 Å². The zero-order valence-electron chi connectivity index (χ0n) is 39.3. The summed E-state index contributed by atoms with van der Waals surface area (Å²) in [6.07, 6.45) is -10.5. The van der Waals surface area contributed by atoms with Gasteiger partial charge in [-0.1, -0.05) is 46.3 Å². The molecule has 9 N–H and O–H groups in total. The van der Waals surface area contributed by atoms with Crippen molar-refractivity contribution in [2.45, 2.75) is 192 Å². The van der Waals surface area contributed by atoms with Gasteiger partial charge in [-0.15, -0.1) is 0 Å². The Labute approximate surface area is 335 Å². The number of hydrogen-bond donors (Lipinski definition) is 9. The summed E-state index contributed by atoms with van der Waals surface area (Å²) in [5.41, 5.74) is -3.26. The fraction of sp³-hybridized carbons (Fsp3) is 0.952. The topological polar surface area (TPSA) is 219 Å². The van der Waals surface area contributed by atoms with Crippen molar-refractivity contribution in [3.05, 3.63) is 11.6 Å². The van der Waals surface area contributed by atoms with Crippen molar-refractivity contribution in [2.24, 2.45) is 45.3 Å². The van der Waals surface area contributed by atoms with Crippen LogP contribution in [-0.4, -0.2) is 138 Å². The molecule has 0 bridgehead atoms. The lowest BCUT2D eigenvalue weighted by Crippen LogP contribution is -2.68. The molecule has 4 aliphatic carbocycles. The van der Waals surface area contributed by atoms with Gasteiger partial charge >= 0.3 is 0 Å². The number of fused-ring (bicyclic) bond motifs is 5. The number of ether oxygens (including phenoxy) is 4. The first-order valence-electron chi connectivity index (χ1n) is 23.4. The summed E-state index contributed by atoms with van der Waals surface area (Å²) in [6.45, 7) is 5.95. The minimum Gasteiger partial charge on any atom is -0.394 e. The zero-order valence-corrected chi connectivity index (χ0v) is 33.3. The number of hydrogen-bond acceptors (Lipinski definition) is 13. The highest BCUT2D eigenvalue weighted by Gasteiger charge is 2.71. The molecule has 20 atom stereocenters. The van der Waals surface area contributed by atoms with Gasteiger partial charge in [0.2, 0.25) is 0 Å². The molecule has 0 amide bonds. The standard InChI is InChI=1S/C42H72O13/c1-21(2)10-9-14-42(8,51)22-11-16-41(7)29(22)23(45)18-27-39(5)15-13-28(38(3,4)26(39)12-17-40(27,41)6)54-37-35(33(49)31(47)25(20-44)53-37)55-36-34(50)32(48)30(46)24(19-43)52-36/h10,22-37,43-51H,9,11-20H2,1-8H3/t22-,23+,24+,25+,26-,27+,28-,29-,30+,31+,32-,33-,34+,35+,36-,37-,39-,40+,41+,42+/m0/s1/i1D3,2D3. The van der Waals surface area contributed by atoms with Crippen LogP contribution >= 0.6 is 0 Å². The van der Waals surface area contributed by atoms with Crippen molar-refractivity contribution in [2.75, 3.05) is 13.2 Å². The molecule has 0 aromatic heterocycles. The molecule has 13 heteroatoms. The molecule has 2 saturated heterocycles. The molecule has 0 radical (unpaired) electrons. The van der Waals surface area contributed by atoms with E-state index in [1.807, 2.05) is 0 Å². The van der Waals surface area contributed by atoms with Crippen LogP contribution in [0.4, 0.5) is 0 Å². The van der Waals surface area contributed by atoms with Gasteiger partial charge in [0.1, 0.15) is 48.8 Å². The number of allylic oxidation sites excluding steroid dienone is 2. The van der Waals surface area contributed by atoms with Gasteiger partial charge in [0.15, 0.2) is 12.6 Å². The van der Waals surface area contributed by atoms with Gasteiger partial charge in [0.25, 0.3) is 0 Å². The lowest BCUT2D eigenvalue weighted by molar-refractivity contribution is -0.378. The van der Waals surface area contributed by atoms with Crippen LogP contribution in [0, 0.1) is 45.3 Å². The summed E-state index contributed by atoms with van der Waals surface area (Å²) in [4.78, 5) is 0. The maximum Gasteiger partial charge on any atom is 0.187 e. The quantitative estimate of drug-likeness (QED) is 0.115. The molecule has 318 valence electrons. The van der Waals surface area contributed by atoms with Gasteiger partial charge in [-0.05, 0) is 124 Å². The summed E-state index contributed by atoms with van der Waals surface area (Å²) < 4.78 is 70.7. The Morgan fingerprint density at radius 3 is 2.02 bits per heavy atom. The van der Waals surface area contributed by atoms with E-state index in [0.717, 1.165) is 19.3 Å². The van der Waals surface area contributed by atoms with Crippen LogP contribution in [0.2, 0.25) is 0 Å². The Morgan fingerprint density at radius 2 is 1.38 bits per heavy atom. The second kappa shape index (κ2) is 15.7. The van der Waals surface area contributed by atoms with Gasteiger partial charge in [-0.25, -0.2) is 0 Å². The first-order chi connectivity index (χ1) is 28.0. The Kier molecular flexibility index (Phi) is 10.3. The van der Waals surface area contributed by atoms with Gasteiger partial charge in [-0.3, -0.25) is 0 Å². The van der Waals surface area contributed by atoms with E-state index in [0.29, 0.717) is 25.7 Å². The van der Waals surface area contributed by atoms with Gasteiger partial charge in [0.05, 0.1) is 31.0 Å². The molecule has 0 aromatic rings. The predicted octanol–water partition coefficient (Wildman–Crippen LogP) is 2.15. The molecule has 6 rings (SSSR count). The number of aliphatic hydroxyl groups excluding tert-OH is 8. The molecule has 0 aromatic carbocycles. The molecule has 0 spiro atoms. The van der Waals surface area contributed by atoms with Crippen LogP contribution in [-0.2, 0) is 18.9 Å². The molecule has 13 nitrogen and oxygen atoms in total. The predicted molar refractivity (Wildman–Crippen MR) is 201 cm³/mol. The zero-order chi connectivity index (χ0) is 45.6. The lowest BCUT2D eigenvalue weighted by atomic mass is 9.35. The normalized spacial score (nSPS) is 54.1. The minimum absolute atomic E-state index is 0.0693. The molecule has 6 fully saturated rings. The Bertz CT molecular complexity index is 1560. The molecule has 55 heavy (non-hydrogen) atoms. The molecular weight excluding hydrogens is 712 g/mol. The molecule has 0 unspecified atom stereocenters. The van der Waals surface area contributed by atoms with Gasteiger partial charge in [-0.2, -0.15) is 0 Å². The van der Waals surface area contributed by atoms with E-state index in [1.165, 1.54) is 6.08 Å². The van der Waals surface area contributed by atoms with Crippen LogP contribution in [0.1, 0.15) is 121 Å². The second-order valence-corrected chi connectivity index (χ2v) is 19.5. The highest BCUT2D eigenvalue weighted by Crippen LogP contribution is 2.76. The Morgan fingerprint density at radius 1 is 0.764 bits per heavy atom. The monoisotopic (exact) mass is 791 g/mol. The third kappa shape index (κ3) is 7.20. The lowest BCUT2D eigenvalue weighted by Gasteiger charge is -2.70. The Hall–Kier alpha value is -0.780. The fourth-order valence-electron chi connectivity index (χ4n) is 13.2. The highest BCUT2D eigenvalue weighted by molar-refractivity contribution is 5.20. The first kappa shape index (κ1) is 36.1. The van der Waals surface area contributed by atoms with E-state index in [2.05, 4.69) is 34.6 Å². The van der Waals surface area contributed by atoms with Crippen molar-refractivity contribution >= 4 is 0 Å². The van der Waals surface area contributed by atoms with Gasteiger partial charge in [0, 0.05) is 8.22 Å². The van der Waals surface area contributed by atoms with Crippen molar-refractivity contribution in [1.82, 2.24) is 0 Å². The van der Waals surface area contributed by atoms with E-state index >= 15 is 0 Å². The summed E-state index contributed by atoms with van der Waals surface area (Å²) in [5, 5.41) is 97.7. The van der Waals surface area contributed by atoms with E-state index in [1.54, 1.807) is 6.92 Å². The third-order valence-electron chi connectivity index (χ3n) is 16.4. The van der Waals surface area contributed by atoms with E-state index < -0.39 is 117 Å². The number of aliphatic hydroxyl groups is 9. The van der Waals surface area contributed by atoms with Crippen molar-refractivity contribution in [3.8, 4) is 0 Å². The van der Waals surface area contributed by atoms with Crippen molar-refractivity contribution in [3.63, 3.8) is 0 Å². The smallest absolute Gasteiger partial charge is 0.187 e. The van der Waals surface area contributed by atoms with Crippen LogP contribution in [0.15, 0.2) is 11.6 Å². The largest absolute Gasteiger partial charge is 0.394 e. The number of rotatable bonds is 10. The third-order valence-corrected chi connectivity index (χ3v) is 16.4. The summed E-state index contributed by atoms with van der Waals surface area (Å²) >= 11 is 0. The first-order valence-corrected chi connectivity index (χ1v) is 20.4. The molecule has 4 saturated carbocycles. The van der Waals surface area contributed by atoms with Crippen molar-refractivity contribution < 1.29 is 73.1 Å². The van der Waals surface area contributed by atoms with Crippen molar-refractivity contribution in [1.29, 1.82) is 0 Å². The van der Waals surface area contributed by atoms with Crippen LogP contribution < -0.4 is 0 Å². The summed E-state index contributed by atoms with van der Waals surface area (Å²) in [6, 6.07) is 0.